The Hall–Kier alpha value is -2.10. The monoisotopic (exact) mass is 273 g/mol. The number of aliphatic hydroxyl groups is 1. The highest BCUT2D eigenvalue weighted by atomic mass is 16.3. The van der Waals surface area contributed by atoms with Crippen molar-refractivity contribution < 1.29 is 14.7 Å². The minimum Gasteiger partial charge on any atom is -0.503 e. The summed E-state index contributed by atoms with van der Waals surface area (Å²) >= 11 is 0. The van der Waals surface area contributed by atoms with E-state index in [-0.39, 0.29) is 17.3 Å². The molecule has 20 heavy (non-hydrogen) atoms. The van der Waals surface area contributed by atoms with Crippen molar-refractivity contribution in [3.05, 3.63) is 41.2 Å². The average molecular weight is 273 g/mol. The molecule has 1 atom stereocenters. The molecule has 0 fully saturated rings. The number of hydrogen-bond acceptors (Lipinski definition) is 3. The molecule has 1 amide bonds. The molecule has 4 heteroatoms. The molecule has 0 radical (unpaired) electrons. The predicted octanol–water partition coefficient (Wildman–Crippen LogP) is 2.77. The van der Waals surface area contributed by atoms with Crippen LogP contribution >= 0.6 is 0 Å². The maximum Gasteiger partial charge on any atom is 0.294 e. The predicted molar refractivity (Wildman–Crippen MR) is 77.6 cm³/mol. The van der Waals surface area contributed by atoms with Crippen molar-refractivity contribution in [2.24, 2.45) is 5.92 Å². The molecule has 0 spiro atoms. The first kappa shape index (κ1) is 14.3. The summed E-state index contributed by atoms with van der Waals surface area (Å²) in [7, 11) is 0. The SMILES string of the molecule is CC(=O)C1=C(O)C(=O)N(c2ccc(C)cc2)C1C(C)C. The summed E-state index contributed by atoms with van der Waals surface area (Å²) in [6.45, 7) is 7.21. The number of Topliss-reactive ketones (excluding diaryl/α,β-unsaturated/α-hetero) is 1. The molecular formula is C16H19NO3. The summed E-state index contributed by atoms with van der Waals surface area (Å²) in [5.41, 5.74) is 2.00. The third kappa shape index (κ3) is 2.22. The van der Waals surface area contributed by atoms with Gasteiger partial charge in [-0.25, -0.2) is 0 Å². The fourth-order valence-electron chi connectivity index (χ4n) is 2.61. The summed E-state index contributed by atoms with van der Waals surface area (Å²) < 4.78 is 0. The van der Waals surface area contributed by atoms with E-state index in [1.54, 1.807) is 0 Å². The van der Waals surface area contributed by atoms with Crippen molar-refractivity contribution in [3.8, 4) is 0 Å². The van der Waals surface area contributed by atoms with E-state index >= 15 is 0 Å². The van der Waals surface area contributed by atoms with Gasteiger partial charge in [0, 0.05) is 5.69 Å². The fraction of sp³-hybridized carbons (Fsp3) is 0.375. The Bertz CT molecular complexity index is 584. The van der Waals surface area contributed by atoms with E-state index in [0.29, 0.717) is 5.69 Å². The Morgan fingerprint density at radius 2 is 1.80 bits per heavy atom. The smallest absolute Gasteiger partial charge is 0.294 e. The molecule has 106 valence electrons. The van der Waals surface area contributed by atoms with Crippen LogP contribution in [0.15, 0.2) is 35.6 Å². The highest BCUT2D eigenvalue weighted by Crippen LogP contribution is 2.34. The quantitative estimate of drug-likeness (QED) is 0.921. The number of hydrogen-bond donors (Lipinski definition) is 1. The molecule has 0 aromatic heterocycles. The lowest BCUT2D eigenvalue weighted by molar-refractivity contribution is -0.117. The fourth-order valence-corrected chi connectivity index (χ4v) is 2.61. The minimum absolute atomic E-state index is 0.0313. The topological polar surface area (TPSA) is 57.6 Å². The molecule has 1 N–H and O–H groups in total. The van der Waals surface area contributed by atoms with Crippen LogP contribution in [0.5, 0.6) is 0 Å². The van der Waals surface area contributed by atoms with Gasteiger partial charge in [0.1, 0.15) is 0 Å². The number of aliphatic hydroxyl groups excluding tert-OH is 1. The second kappa shape index (κ2) is 5.12. The van der Waals surface area contributed by atoms with Gasteiger partial charge in [0.05, 0.1) is 11.6 Å². The number of amides is 1. The first-order valence-corrected chi connectivity index (χ1v) is 6.69. The average Bonchev–Trinajstić information content (AvgIpc) is 2.64. The van der Waals surface area contributed by atoms with Gasteiger partial charge >= 0.3 is 0 Å². The largest absolute Gasteiger partial charge is 0.503 e. The van der Waals surface area contributed by atoms with Crippen LogP contribution in [0.4, 0.5) is 5.69 Å². The molecule has 1 aromatic rings. The molecule has 0 aliphatic carbocycles. The number of ketones is 1. The van der Waals surface area contributed by atoms with Gasteiger partial charge in [-0.05, 0) is 31.9 Å². The summed E-state index contributed by atoms with van der Waals surface area (Å²) in [5, 5.41) is 10.0. The van der Waals surface area contributed by atoms with Crippen molar-refractivity contribution in [3.63, 3.8) is 0 Å². The molecule has 0 bridgehead atoms. The molecular weight excluding hydrogens is 254 g/mol. The molecule has 4 nitrogen and oxygen atoms in total. The highest BCUT2D eigenvalue weighted by Gasteiger charge is 2.43. The molecule has 0 saturated carbocycles. The summed E-state index contributed by atoms with van der Waals surface area (Å²) in [6, 6.07) is 7.06. The van der Waals surface area contributed by atoms with E-state index in [4.69, 9.17) is 0 Å². The third-order valence-electron chi connectivity index (χ3n) is 3.57. The van der Waals surface area contributed by atoms with E-state index in [1.807, 2.05) is 45.0 Å². The molecule has 1 aliphatic rings. The van der Waals surface area contributed by atoms with Gasteiger partial charge in [0.15, 0.2) is 11.5 Å². The molecule has 2 rings (SSSR count). The minimum atomic E-state index is -0.502. The maximum atomic E-state index is 12.3. The van der Waals surface area contributed by atoms with Crippen LogP contribution < -0.4 is 4.90 Å². The Morgan fingerprint density at radius 3 is 2.25 bits per heavy atom. The van der Waals surface area contributed by atoms with Crippen LogP contribution in [-0.2, 0) is 9.59 Å². The highest BCUT2D eigenvalue weighted by molar-refractivity contribution is 6.15. The Labute approximate surface area is 118 Å². The van der Waals surface area contributed by atoms with E-state index in [0.717, 1.165) is 5.56 Å². The summed E-state index contributed by atoms with van der Waals surface area (Å²) in [5.74, 6) is -1.15. The Morgan fingerprint density at radius 1 is 1.25 bits per heavy atom. The number of carbonyl (C=O) groups excluding carboxylic acids is 2. The van der Waals surface area contributed by atoms with Crippen molar-refractivity contribution in [2.45, 2.75) is 33.7 Å². The standard InChI is InChI=1S/C16H19NO3/c1-9(2)14-13(11(4)18)15(19)16(20)17(14)12-7-5-10(3)6-8-12/h5-9,14,19H,1-4H3. The van der Waals surface area contributed by atoms with E-state index in [1.165, 1.54) is 11.8 Å². The second-order valence-corrected chi connectivity index (χ2v) is 5.52. The van der Waals surface area contributed by atoms with Crippen LogP contribution in [0.3, 0.4) is 0 Å². The van der Waals surface area contributed by atoms with Crippen molar-refractivity contribution in [1.82, 2.24) is 0 Å². The Kier molecular flexibility index (Phi) is 3.66. The number of anilines is 1. The third-order valence-corrected chi connectivity index (χ3v) is 3.57. The number of benzene rings is 1. The maximum absolute atomic E-state index is 12.3. The van der Waals surface area contributed by atoms with Gasteiger partial charge in [-0.2, -0.15) is 0 Å². The molecule has 1 heterocycles. The van der Waals surface area contributed by atoms with Crippen LogP contribution in [0.25, 0.3) is 0 Å². The van der Waals surface area contributed by atoms with Gasteiger partial charge in [0.25, 0.3) is 5.91 Å². The van der Waals surface area contributed by atoms with Crippen molar-refractivity contribution in [2.75, 3.05) is 4.90 Å². The lowest BCUT2D eigenvalue weighted by Gasteiger charge is -2.29. The zero-order chi connectivity index (χ0) is 15.0. The van der Waals surface area contributed by atoms with Gasteiger partial charge in [0.2, 0.25) is 0 Å². The number of aryl methyl sites for hydroxylation is 1. The van der Waals surface area contributed by atoms with Gasteiger partial charge in [-0.1, -0.05) is 31.5 Å². The lowest BCUT2D eigenvalue weighted by atomic mass is 9.94. The molecule has 1 aliphatic heterocycles. The van der Waals surface area contributed by atoms with Crippen molar-refractivity contribution >= 4 is 17.4 Å². The van der Waals surface area contributed by atoms with E-state index in [2.05, 4.69) is 0 Å². The molecule has 1 unspecified atom stereocenters. The number of carbonyl (C=O) groups is 2. The Balaban J connectivity index is 2.52. The first-order valence-electron chi connectivity index (χ1n) is 6.69. The number of nitrogens with zero attached hydrogens (tertiary/aromatic N) is 1. The van der Waals surface area contributed by atoms with Crippen LogP contribution in [0, 0.1) is 12.8 Å². The van der Waals surface area contributed by atoms with Gasteiger partial charge < -0.3 is 5.11 Å². The van der Waals surface area contributed by atoms with Crippen LogP contribution in [0.2, 0.25) is 0 Å². The first-order chi connectivity index (χ1) is 9.34. The van der Waals surface area contributed by atoms with Gasteiger partial charge in [-0.15, -0.1) is 0 Å². The number of rotatable bonds is 3. The van der Waals surface area contributed by atoms with Crippen LogP contribution in [0.1, 0.15) is 26.3 Å². The zero-order valence-corrected chi connectivity index (χ0v) is 12.2. The van der Waals surface area contributed by atoms with Crippen molar-refractivity contribution in [1.29, 1.82) is 0 Å². The van der Waals surface area contributed by atoms with E-state index < -0.39 is 17.7 Å². The van der Waals surface area contributed by atoms with Crippen LogP contribution in [-0.4, -0.2) is 22.8 Å². The van der Waals surface area contributed by atoms with Gasteiger partial charge in [-0.3, -0.25) is 14.5 Å². The second-order valence-electron chi connectivity index (χ2n) is 5.52. The summed E-state index contributed by atoms with van der Waals surface area (Å²) in [6.07, 6.45) is 0. The summed E-state index contributed by atoms with van der Waals surface area (Å²) in [4.78, 5) is 25.5. The lowest BCUT2D eigenvalue weighted by Crippen LogP contribution is -2.40. The molecule has 0 saturated heterocycles. The molecule has 1 aromatic carbocycles. The van der Waals surface area contributed by atoms with E-state index in [9.17, 15) is 14.7 Å². The zero-order valence-electron chi connectivity index (χ0n) is 12.2. The normalized spacial score (nSPS) is 19.1.